The van der Waals surface area contributed by atoms with Gasteiger partial charge in [-0.25, -0.2) is 23.1 Å². The summed E-state index contributed by atoms with van der Waals surface area (Å²) in [6.07, 6.45) is 8.65. The average molecular weight is 375 g/mol. The molecular weight excluding hydrogens is 350 g/mol. The first-order chi connectivity index (χ1) is 12.4. The van der Waals surface area contributed by atoms with Gasteiger partial charge in [0, 0.05) is 49.8 Å². The van der Waals surface area contributed by atoms with E-state index in [1.54, 1.807) is 6.20 Å². The minimum atomic E-state index is -3.20. The van der Waals surface area contributed by atoms with Crippen molar-refractivity contribution in [3.05, 3.63) is 42.4 Å². The number of sulfonamides is 1. The van der Waals surface area contributed by atoms with E-state index in [2.05, 4.69) is 31.5 Å². The highest BCUT2D eigenvalue weighted by atomic mass is 32.2. The average Bonchev–Trinajstić information content (AvgIpc) is 2.96. The zero-order chi connectivity index (χ0) is 18.6. The number of hydrogen-bond donors (Lipinski definition) is 1. The maximum atomic E-state index is 11.6. The molecule has 26 heavy (non-hydrogen) atoms. The fraction of sp³-hybridized carbons (Fsp3) is 0.500. The van der Waals surface area contributed by atoms with Gasteiger partial charge in [0.05, 0.1) is 6.26 Å². The first-order valence-electron chi connectivity index (χ1n) is 8.86. The summed E-state index contributed by atoms with van der Waals surface area (Å²) in [7, 11) is -3.20. The molecule has 3 rings (SSSR count). The standard InChI is InChI=1S/C18H25N5O2S/c1-3-6-15-12-23(13-17(15)22-26(2,24)25)11-14-9-20-18(21-10-14)16-7-4-5-8-19-16/h4-5,7-10,15,17,22H,3,6,11-13H2,1-2H3. The molecule has 0 aliphatic carbocycles. The molecule has 1 aliphatic rings. The second kappa shape index (κ2) is 8.20. The largest absolute Gasteiger partial charge is 0.297 e. The van der Waals surface area contributed by atoms with Gasteiger partial charge in [0.25, 0.3) is 0 Å². The third-order valence-electron chi connectivity index (χ3n) is 4.55. The Morgan fingerprint density at radius 1 is 1.19 bits per heavy atom. The van der Waals surface area contributed by atoms with Crippen molar-refractivity contribution < 1.29 is 8.42 Å². The predicted octanol–water partition coefficient (Wildman–Crippen LogP) is 1.69. The summed E-state index contributed by atoms with van der Waals surface area (Å²) in [4.78, 5) is 15.3. The predicted molar refractivity (Wildman–Crippen MR) is 101 cm³/mol. The molecule has 7 nitrogen and oxygen atoms in total. The Labute approximate surface area is 154 Å². The molecule has 3 heterocycles. The van der Waals surface area contributed by atoms with Crippen LogP contribution in [0, 0.1) is 5.92 Å². The maximum Gasteiger partial charge on any atom is 0.209 e. The number of pyridine rings is 1. The van der Waals surface area contributed by atoms with Gasteiger partial charge in [0.1, 0.15) is 5.69 Å². The smallest absolute Gasteiger partial charge is 0.209 e. The minimum Gasteiger partial charge on any atom is -0.297 e. The number of hydrogen-bond acceptors (Lipinski definition) is 6. The van der Waals surface area contributed by atoms with E-state index in [1.165, 1.54) is 6.26 Å². The van der Waals surface area contributed by atoms with E-state index in [-0.39, 0.29) is 6.04 Å². The van der Waals surface area contributed by atoms with E-state index >= 15 is 0 Å². The molecule has 1 aliphatic heterocycles. The monoisotopic (exact) mass is 375 g/mol. The van der Waals surface area contributed by atoms with Gasteiger partial charge in [0.2, 0.25) is 10.0 Å². The number of aromatic nitrogens is 3. The highest BCUT2D eigenvalue weighted by Gasteiger charge is 2.33. The Bertz CT molecular complexity index is 811. The van der Waals surface area contributed by atoms with Crippen LogP contribution in [0.4, 0.5) is 0 Å². The summed E-state index contributed by atoms with van der Waals surface area (Å²) in [5.41, 5.74) is 1.76. The summed E-state index contributed by atoms with van der Waals surface area (Å²) >= 11 is 0. The van der Waals surface area contributed by atoms with Gasteiger partial charge in [-0.15, -0.1) is 0 Å². The molecular formula is C18H25N5O2S. The molecule has 0 radical (unpaired) electrons. The lowest BCUT2D eigenvalue weighted by atomic mass is 9.99. The van der Waals surface area contributed by atoms with Gasteiger partial charge >= 0.3 is 0 Å². The van der Waals surface area contributed by atoms with Crippen LogP contribution in [0.2, 0.25) is 0 Å². The molecule has 140 valence electrons. The highest BCUT2D eigenvalue weighted by molar-refractivity contribution is 7.88. The lowest BCUT2D eigenvalue weighted by Gasteiger charge is -2.17. The van der Waals surface area contributed by atoms with Crippen LogP contribution in [0.5, 0.6) is 0 Å². The van der Waals surface area contributed by atoms with E-state index < -0.39 is 10.0 Å². The van der Waals surface area contributed by atoms with Gasteiger partial charge < -0.3 is 0 Å². The normalized spacial score (nSPS) is 21.2. The Balaban J connectivity index is 1.65. The van der Waals surface area contributed by atoms with Crippen LogP contribution in [0.1, 0.15) is 25.3 Å². The van der Waals surface area contributed by atoms with E-state index in [0.29, 0.717) is 24.8 Å². The fourth-order valence-electron chi connectivity index (χ4n) is 3.48. The zero-order valence-electron chi connectivity index (χ0n) is 15.2. The molecule has 0 saturated carbocycles. The van der Waals surface area contributed by atoms with E-state index in [1.807, 2.05) is 30.6 Å². The summed E-state index contributed by atoms with van der Waals surface area (Å²) < 4.78 is 26.0. The van der Waals surface area contributed by atoms with Crippen molar-refractivity contribution in [2.45, 2.75) is 32.4 Å². The van der Waals surface area contributed by atoms with E-state index in [9.17, 15) is 8.42 Å². The Morgan fingerprint density at radius 2 is 1.96 bits per heavy atom. The molecule has 0 aromatic carbocycles. The third-order valence-corrected chi connectivity index (χ3v) is 5.28. The SMILES string of the molecule is CCCC1CN(Cc2cnc(-c3ccccn3)nc2)CC1NS(C)(=O)=O. The molecule has 1 N–H and O–H groups in total. The maximum absolute atomic E-state index is 11.6. The second-order valence-corrected chi connectivity index (χ2v) is 8.65. The van der Waals surface area contributed by atoms with E-state index in [0.717, 1.165) is 30.6 Å². The fourth-order valence-corrected chi connectivity index (χ4v) is 4.30. The summed E-state index contributed by atoms with van der Waals surface area (Å²) in [5.74, 6) is 0.944. The van der Waals surface area contributed by atoms with Crippen molar-refractivity contribution >= 4 is 10.0 Å². The topological polar surface area (TPSA) is 88.1 Å². The van der Waals surface area contributed by atoms with Crippen LogP contribution in [-0.2, 0) is 16.6 Å². The molecule has 2 aromatic rings. The van der Waals surface area contributed by atoms with Crippen LogP contribution in [0.25, 0.3) is 11.5 Å². The highest BCUT2D eigenvalue weighted by Crippen LogP contribution is 2.24. The van der Waals surface area contributed by atoms with Gasteiger partial charge in [0.15, 0.2) is 5.82 Å². The van der Waals surface area contributed by atoms with Crippen molar-refractivity contribution in [2.75, 3.05) is 19.3 Å². The van der Waals surface area contributed by atoms with Crippen molar-refractivity contribution in [1.82, 2.24) is 24.6 Å². The number of rotatable bonds is 7. The Morgan fingerprint density at radius 3 is 2.58 bits per heavy atom. The molecule has 2 atom stereocenters. The number of nitrogens with zero attached hydrogens (tertiary/aromatic N) is 4. The van der Waals surface area contributed by atoms with Gasteiger partial charge in [-0.3, -0.25) is 9.88 Å². The third kappa shape index (κ3) is 5.06. The number of nitrogens with one attached hydrogen (secondary N) is 1. The van der Waals surface area contributed by atoms with Crippen LogP contribution in [-0.4, -0.2) is 53.7 Å². The van der Waals surface area contributed by atoms with Gasteiger partial charge in [-0.05, 0) is 24.5 Å². The minimum absolute atomic E-state index is 0.0290. The van der Waals surface area contributed by atoms with E-state index in [4.69, 9.17) is 0 Å². The summed E-state index contributed by atoms with van der Waals surface area (Å²) in [6, 6.07) is 5.62. The quantitative estimate of drug-likeness (QED) is 0.792. The van der Waals surface area contributed by atoms with Crippen LogP contribution >= 0.6 is 0 Å². The van der Waals surface area contributed by atoms with Crippen molar-refractivity contribution in [1.29, 1.82) is 0 Å². The molecule has 1 saturated heterocycles. The molecule has 0 amide bonds. The lowest BCUT2D eigenvalue weighted by Crippen LogP contribution is -2.39. The van der Waals surface area contributed by atoms with Crippen LogP contribution in [0.15, 0.2) is 36.8 Å². The van der Waals surface area contributed by atoms with Crippen molar-refractivity contribution in [3.8, 4) is 11.5 Å². The first-order valence-corrected chi connectivity index (χ1v) is 10.8. The molecule has 0 bridgehead atoms. The summed E-state index contributed by atoms with van der Waals surface area (Å²) in [6.45, 7) is 4.43. The van der Waals surface area contributed by atoms with Gasteiger partial charge in [-0.2, -0.15) is 0 Å². The molecule has 2 aromatic heterocycles. The Kier molecular flexibility index (Phi) is 5.95. The van der Waals surface area contributed by atoms with Crippen LogP contribution in [0.3, 0.4) is 0 Å². The molecule has 0 spiro atoms. The summed E-state index contributed by atoms with van der Waals surface area (Å²) in [5, 5.41) is 0. The van der Waals surface area contributed by atoms with Gasteiger partial charge in [-0.1, -0.05) is 19.4 Å². The Hall–Kier alpha value is -1.90. The lowest BCUT2D eigenvalue weighted by molar-refractivity contribution is 0.311. The molecule has 1 fully saturated rings. The number of likely N-dealkylation sites (tertiary alicyclic amines) is 1. The molecule has 2 unspecified atom stereocenters. The van der Waals surface area contributed by atoms with Crippen molar-refractivity contribution in [2.24, 2.45) is 5.92 Å². The first kappa shape index (κ1) is 18.9. The second-order valence-electron chi connectivity index (χ2n) is 6.87. The molecule has 8 heteroatoms. The zero-order valence-corrected chi connectivity index (χ0v) is 16.0. The van der Waals surface area contributed by atoms with Crippen LogP contribution < -0.4 is 4.72 Å². The van der Waals surface area contributed by atoms with Crippen molar-refractivity contribution in [3.63, 3.8) is 0 Å².